The minimum atomic E-state index is -0.651. The van der Waals surface area contributed by atoms with Gasteiger partial charge in [-0.3, -0.25) is 48.4 Å². The van der Waals surface area contributed by atoms with Crippen LogP contribution in [0, 0.1) is 0 Å². The van der Waals surface area contributed by atoms with Gasteiger partial charge < -0.3 is 45.1 Å². The largest absolute Gasteiger partial charge is 0.425 e. The monoisotopic (exact) mass is 1070 g/mol. The zero-order valence-electron chi connectivity index (χ0n) is 40.6. The quantitative estimate of drug-likeness (QED) is 0.0270. The van der Waals surface area contributed by atoms with Crippen LogP contribution in [-0.2, 0) is 50.0 Å². The van der Waals surface area contributed by atoms with Crippen LogP contribution in [0.25, 0.3) is 0 Å². The number of hydrogen-bond acceptors (Lipinski definition) is 18. The van der Waals surface area contributed by atoms with Crippen LogP contribution >= 0.6 is 23.2 Å². The molecule has 0 saturated carbocycles. The van der Waals surface area contributed by atoms with Crippen LogP contribution in [0.15, 0.2) is 110 Å². The van der Waals surface area contributed by atoms with Crippen LogP contribution in [0.4, 0.5) is 0 Å². The Morgan fingerprint density at radius 2 is 0.878 bits per heavy atom. The van der Waals surface area contributed by atoms with Crippen molar-refractivity contribution in [3.8, 4) is 5.75 Å². The summed E-state index contributed by atoms with van der Waals surface area (Å²) in [6.07, 6.45) is -0.0409. The normalized spacial score (nSPS) is 15.6. The molecule has 4 aromatic heterocycles. The number of halogens is 2. The molecule has 0 bridgehead atoms. The highest BCUT2D eigenvalue weighted by Crippen LogP contribution is 2.32. The number of nitrogens with one attached hydrogen (secondary N) is 1. The first-order valence-corrected chi connectivity index (χ1v) is 24.6. The summed E-state index contributed by atoms with van der Waals surface area (Å²) in [4.78, 5) is 83.9. The predicted molar refractivity (Wildman–Crippen MR) is 268 cm³/mol. The molecule has 1 unspecified atom stereocenters. The van der Waals surface area contributed by atoms with E-state index in [1.165, 1.54) is 36.4 Å². The molecular formula is C49H61Cl2N9O14. The van der Waals surface area contributed by atoms with Crippen molar-refractivity contribution < 1.29 is 49.4 Å². The molecule has 1 aromatic carbocycles. The van der Waals surface area contributed by atoms with Crippen LogP contribution in [0.5, 0.6) is 5.75 Å². The molecule has 1 aliphatic heterocycles. The summed E-state index contributed by atoms with van der Waals surface area (Å²) in [6, 6.07) is 21.7. The van der Waals surface area contributed by atoms with Crippen molar-refractivity contribution in [1.82, 2.24) is 43.8 Å². The molecule has 0 aliphatic carbocycles. The van der Waals surface area contributed by atoms with Gasteiger partial charge in [-0.15, -0.1) is 0 Å². The van der Waals surface area contributed by atoms with E-state index in [4.69, 9.17) is 42.1 Å². The standard InChI is InChI=1S/C49H61Cl2N9O14/c50-41-10-5-11-42(51)49(41)74-48(66)17-25-72-27-29-73-28-26-71-24-16-43(61)52-30-40-34-55(33-38-8-3-14-46(64)59(38)69)21-20-53(31-36-6-1-12-44(62)57(36)67)18-19-54(32-37-7-2-13-45(63)58(37)68)22-23-56(40)35-39-9-4-15-47(65)60(39)70/h1-15,40,67-70H,16-35H2,(H,52,61). The lowest BCUT2D eigenvalue weighted by Gasteiger charge is -2.39. The third-order valence-electron chi connectivity index (χ3n) is 12.0. The van der Waals surface area contributed by atoms with Gasteiger partial charge in [-0.05, 0) is 36.4 Å². The molecule has 0 spiro atoms. The van der Waals surface area contributed by atoms with Gasteiger partial charge in [0.05, 0.1) is 78.9 Å². The topological polar surface area (TPSA) is 265 Å². The molecule has 74 heavy (non-hydrogen) atoms. The van der Waals surface area contributed by atoms with E-state index in [0.717, 1.165) is 0 Å². The number of carbonyl (C=O) groups excluding carboxylic acids is 2. The summed E-state index contributed by atoms with van der Waals surface area (Å²) < 4.78 is 24.2. The minimum absolute atomic E-state index is 0.0111. The Labute approximate surface area is 434 Å². The van der Waals surface area contributed by atoms with Crippen LogP contribution in [0.1, 0.15) is 35.6 Å². The first-order valence-electron chi connectivity index (χ1n) is 23.8. The predicted octanol–water partition coefficient (Wildman–Crippen LogP) is 1.83. The van der Waals surface area contributed by atoms with Crippen molar-refractivity contribution in [2.24, 2.45) is 0 Å². The second-order valence-corrected chi connectivity index (χ2v) is 18.1. The minimum Gasteiger partial charge on any atom is -0.425 e. The Bertz CT molecular complexity index is 2860. The molecule has 1 amide bonds. The van der Waals surface area contributed by atoms with Gasteiger partial charge in [-0.2, -0.15) is 18.9 Å². The Hall–Kier alpha value is -6.54. The molecule has 1 fully saturated rings. The average Bonchev–Trinajstić information content (AvgIpc) is 3.37. The van der Waals surface area contributed by atoms with Gasteiger partial charge in [0, 0.05) is 115 Å². The number of ether oxygens (including phenoxy) is 4. The maximum absolute atomic E-state index is 13.5. The highest BCUT2D eigenvalue weighted by Gasteiger charge is 2.27. The zero-order chi connectivity index (χ0) is 53.0. The summed E-state index contributed by atoms with van der Waals surface area (Å²) in [6.45, 7) is 3.47. The number of pyridine rings is 4. The molecule has 25 heteroatoms. The Balaban J connectivity index is 1.13. The molecule has 5 aromatic rings. The van der Waals surface area contributed by atoms with Gasteiger partial charge in [0.25, 0.3) is 22.2 Å². The fraction of sp³-hybridized carbons (Fsp3) is 0.429. The Morgan fingerprint density at radius 3 is 1.35 bits per heavy atom. The van der Waals surface area contributed by atoms with Gasteiger partial charge in [0.1, 0.15) is 0 Å². The van der Waals surface area contributed by atoms with E-state index in [1.807, 2.05) is 19.6 Å². The van der Waals surface area contributed by atoms with Gasteiger partial charge >= 0.3 is 5.97 Å². The number of carbonyl (C=O) groups is 2. The lowest BCUT2D eigenvalue weighted by Crippen LogP contribution is -2.54. The maximum atomic E-state index is 13.5. The van der Waals surface area contributed by atoms with Gasteiger partial charge in [-0.25, -0.2) is 0 Å². The number of rotatable bonds is 23. The fourth-order valence-electron chi connectivity index (χ4n) is 8.01. The summed E-state index contributed by atoms with van der Waals surface area (Å²) >= 11 is 12.1. The second kappa shape index (κ2) is 28.8. The van der Waals surface area contributed by atoms with E-state index in [-0.39, 0.29) is 131 Å². The van der Waals surface area contributed by atoms with Crippen LogP contribution < -0.4 is 32.3 Å². The average molecular weight is 1070 g/mol. The van der Waals surface area contributed by atoms with Crippen molar-refractivity contribution in [3.63, 3.8) is 0 Å². The molecule has 1 aliphatic rings. The lowest BCUT2D eigenvalue weighted by molar-refractivity contribution is -0.135. The van der Waals surface area contributed by atoms with Gasteiger partial charge in [-0.1, -0.05) is 53.5 Å². The van der Waals surface area contributed by atoms with E-state index in [1.54, 1.807) is 54.6 Å². The number of amides is 1. The smallest absolute Gasteiger partial charge is 0.313 e. The number of para-hydroxylation sites is 1. The SMILES string of the molecule is O=C(CCOCCOCCOCCC(=O)Oc1c(Cl)cccc1Cl)NCC1CN(Cc2cccc(=O)n2O)CCN(Cc2cccc(=O)n2O)CCN(Cc2cccc(=O)n2O)CCN1Cc1cccc(=O)n1O. The van der Waals surface area contributed by atoms with Crippen molar-refractivity contribution in [3.05, 3.63) is 165 Å². The van der Waals surface area contributed by atoms with Crippen LogP contribution in [0.2, 0.25) is 10.0 Å². The Morgan fingerprint density at radius 1 is 0.500 bits per heavy atom. The first-order chi connectivity index (χ1) is 35.7. The molecule has 5 N–H and O–H groups in total. The van der Waals surface area contributed by atoms with E-state index in [2.05, 4.69) is 5.32 Å². The molecule has 1 atom stereocenters. The summed E-state index contributed by atoms with van der Waals surface area (Å²) in [5, 5.41) is 46.6. The molecule has 0 radical (unpaired) electrons. The van der Waals surface area contributed by atoms with E-state index < -0.39 is 34.2 Å². The van der Waals surface area contributed by atoms with Crippen molar-refractivity contribution >= 4 is 35.1 Å². The summed E-state index contributed by atoms with van der Waals surface area (Å²) in [5.74, 6) is -0.808. The highest BCUT2D eigenvalue weighted by atomic mass is 35.5. The number of benzene rings is 1. The number of esters is 1. The third-order valence-corrected chi connectivity index (χ3v) is 12.6. The fourth-order valence-corrected chi connectivity index (χ4v) is 8.48. The van der Waals surface area contributed by atoms with E-state index in [0.29, 0.717) is 63.0 Å². The van der Waals surface area contributed by atoms with Crippen molar-refractivity contribution in [2.75, 3.05) is 92.0 Å². The molecule has 23 nitrogen and oxygen atoms in total. The maximum Gasteiger partial charge on any atom is 0.313 e. The van der Waals surface area contributed by atoms with Crippen LogP contribution in [0.3, 0.4) is 0 Å². The van der Waals surface area contributed by atoms with Gasteiger partial charge in [0.15, 0.2) is 5.75 Å². The number of hydrogen-bond donors (Lipinski definition) is 5. The zero-order valence-corrected chi connectivity index (χ0v) is 42.1. The number of nitrogens with zero attached hydrogens (tertiary/aromatic N) is 8. The summed E-state index contributed by atoms with van der Waals surface area (Å²) in [7, 11) is 0. The number of aromatic nitrogens is 4. The molecule has 6 rings (SSSR count). The van der Waals surface area contributed by atoms with E-state index in [9.17, 15) is 49.6 Å². The van der Waals surface area contributed by atoms with E-state index >= 15 is 0 Å². The van der Waals surface area contributed by atoms with Crippen molar-refractivity contribution in [1.29, 1.82) is 0 Å². The molecule has 5 heterocycles. The Kier molecular flexibility index (Phi) is 22.1. The van der Waals surface area contributed by atoms with Crippen LogP contribution in [-0.4, -0.2) is 169 Å². The molecule has 1 saturated heterocycles. The van der Waals surface area contributed by atoms with Gasteiger partial charge in [0.2, 0.25) is 5.91 Å². The summed E-state index contributed by atoms with van der Waals surface area (Å²) in [5.41, 5.74) is -1.34. The first kappa shape index (κ1) is 56.8. The third kappa shape index (κ3) is 17.3. The lowest BCUT2D eigenvalue weighted by atomic mass is 10.1. The second-order valence-electron chi connectivity index (χ2n) is 17.2. The molecule has 400 valence electrons. The molecular weight excluding hydrogens is 1010 g/mol. The highest BCUT2D eigenvalue weighted by molar-refractivity contribution is 6.37. The van der Waals surface area contributed by atoms with Crippen molar-refractivity contribution in [2.45, 2.75) is 45.1 Å².